The molecule has 0 aliphatic rings. The first kappa shape index (κ1) is 19.1. The van der Waals surface area contributed by atoms with Gasteiger partial charge in [0.1, 0.15) is 0 Å². The number of nitrogens with one attached hydrogen (secondary N) is 2. The lowest BCUT2D eigenvalue weighted by Crippen LogP contribution is -2.25. The molecule has 0 atom stereocenters. The lowest BCUT2D eigenvalue weighted by molar-refractivity contribution is 0.261. The van der Waals surface area contributed by atoms with Gasteiger partial charge in [0.2, 0.25) is 0 Å². The second-order valence-corrected chi connectivity index (χ2v) is 7.76. The Balaban J connectivity index is 1.93. The average Bonchev–Trinajstić information content (AvgIpc) is 2.94. The van der Waals surface area contributed by atoms with Gasteiger partial charge in [0.05, 0.1) is 5.69 Å². The topological polar surface area (TPSA) is 83.3 Å². The highest BCUT2D eigenvalue weighted by Crippen LogP contribution is 2.20. The number of amides is 2. The Morgan fingerprint density at radius 3 is 2.79 bits per heavy atom. The smallest absolute Gasteiger partial charge is 0.325 e. The Morgan fingerprint density at radius 1 is 1.42 bits per heavy atom. The third-order valence-corrected chi connectivity index (χ3v) is 5.41. The molecular formula is C16H22IN5OS. The highest BCUT2D eigenvalue weighted by atomic mass is 127. The van der Waals surface area contributed by atoms with E-state index in [1.54, 1.807) is 0 Å². The van der Waals surface area contributed by atoms with Crippen LogP contribution in [0.5, 0.6) is 0 Å². The highest BCUT2D eigenvalue weighted by Gasteiger charge is 2.10. The molecule has 2 rings (SSSR count). The first-order valence-corrected chi connectivity index (χ1v) is 9.56. The Kier molecular flexibility index (Phi) is 6.96. The Hall–Kier alpha value is -1.23. The van der Waals surface area contributed by atoms with Gasteiger partial charge >= 0.3 is 6.03 Å². The molecule has 0 fully saturated rings. The van der Waals surface area contributed by atoms with Crippen LogP contribution in [0.3, 0.4) is 0 Å². The first-order valence-electron chi connectivity index (χ1n) is 7.60. The third kappa shape index (κ3) is 5.40. The molecule has 0 saturated carbocycles. The number of halogens is 1. The maximum Gasteiger partial charge on any atom is 0.325 e. The van der Waals surface area contributed by atoms with Gasteiger partial charge < -0.3 is 11.1 Å². The van der Waals surface area contributed by atoms with Crippen LogP contribution in [0.2, 0.25) is 0 Å². The molecule has 0 saturated heterocycles. The molecule has 0 unspecified atom stereocenters. The zero-order valence-corrected chi connectivity index (χ0v) is 16.9. The van der Waals surface area contributed by atoms with Crippen molar-refractivity contribution in [3.63, 3.8) is 0 Å². The first-order chi connectivity index (χ1) is 11.4. The van der Waals surface area contributed by atoms with Crippen molar-refractivity contribution in [3.05, 3.63) is 38.4 Å². The summed E-state index contributed by atoms with van der Waals surface area (Å²) in [6.07, 6.45) is 0. The van der Waals surface area contributed by atoms with Crippen LogP contribution in [0.15, 0.2) is 23.6 Å². The van der Waals surface area contributed by atoms with Gasteiger partial charge in [-0.1, -0.05) is 6.07 Å². The minimum atomic E-state index is -0.301. The van der Waals surface area contributed by atoms with Crippen LogP contribution >= 0.6 is 33.9 Å². The van der Waals surface area contributed by atoms with Crippen molar-refractivity contribution in [1.82, 2.24) is 9.88 Å². The van der Waals surface area contributed by atoms with Crippen LogP contribution < -0.4 is 16.4 Å². The van der Waals surface area contributed by atoms with Gasteiger partial charge in [-0.3, -0.25) is 10.2 Å². The summed E-state index contributed by atoms with van der Waals surface area (Å²) in [5.41, 5.74) is 8.38. The Morgan fingerprint density at radius 2 is 2.17 bits per heavy atom. The van der Waals surface area contributed by atoms with E-state index in [9.17, 15) is 4.79 Å². The molecule has 24 heavy (non-hydrogen) atoms. The number of urea groups is 1. The van der Waals surface area contributed by atoms with E-state index in [2.05, 4.69) is 64.0 Å². The van der Waals surface area contributed by atoms with E-state index in [1.807, 2.05) is 23.6 Å². The summed E-state index contributed by atoms with van der Waals surface area (Å²) in [5, 5.41) is 8.14. The van der Waals surface area contributed by atoms with Crippen molar-refractivity contribution in [3.8, 4) is 0 Å². The van der Waals surface area contributed by atoms with Crippen LogP contribution in [0.4, 0.5) is 15.6 Å². The number of carbonyl (C=O) groups is 1. The fourth-order valence-electron chi connectivity index (χ4n) is 1.93. The quantitative estimate of drug-likeness (QED) is 0.576. The van der Waals surface area contributed by atoms with Crippen LogP contribution in [0.25, 0.3) is 0 Å². The lowest BCUT2D eigenvalue weighted by Gasteiger charge is -2.19. The zero-order chi connectivity index (χ0) is 17.7. The molecule has 0 aliphatic heterocycles. The van der Waals surface area contributed by atoms with E-state index in [1.165, 1.54) is 11.3 Å². The summed E-state index contributed by atoms with van der Waals surface area (Å²) in [6.45, 7) is 5.51. The number of hydrogen-bond acceptors (Lipinski definition) is 5. The van der Waals surface area contributed by atoms with E-state index in [0.29, 0.717) is 17.7 Å². The van der Waals surface area contributed by atoms with Gasteiger partial charge in [-0.15, -0.1) is 11.3 Å². The summed E-state index contributed by atoms with van der Waals surface area (Å²) in [6, 6.07) is 5.80. The normalized spacial score (nSPS) is 11.1. The monoisotopic (exact) mass is 459 g/mol. The Labute approximate surface area is 160 Å². The minimum Gasteiger partial charge on any atom is -0.326 e. The zero-order valence-electron chi connectivity index (χ0n) is 14.0. The summed E-state index contributed by atoms with van der Waals surface area (Å²) in [4.78, 5) is 18.7. The second-order valence-electron chi connectivity index (χ2n) is 5.74. The van der Waals surface area contributed by atoms with Gasteiger partial charge in [0, 0.05) is 33.8 Å². The number of nitrogens with zero attached hydrogens (tertiary/aromatic N) is 2. The van der Waals surface area contributed by atoms with Crippen LogP contribution in [-0.4, -0.2) is 29.0 Å². The van der Waals surface area contributed by atoms with Crippen molar-refractivity contribution in [2.45, 2.75) is 33.0 Å². The molecule has 130 valence electrons. The van der Waals surface area contributed by atoms with E-state index in [-0.39, 0.29) is 6.03 Å². The van der Waals surface area contributed by atoms with Crippen molar-refractivity contribution >= 4 is 50.8 Å². The number of nitrogens with two attached hydrogens (primary N) is 1. The van der Waals surface area contributed by atoms with E-state index in [0.717, 1.165) is 27.1 Å². The van der Waals surface area contributed by atoms with Crippen LogP contribution in [0.1, 0.15) is 25.1 Å². The number of benzene rings is 1. The minimum absolute atomic E-state index is 0.301. The van der Waals surface area contributed by atoms with E-state index in [4.69, 9.17) is 5.73 Å². The Bertz CT molecular complexity index is 704. The number of anilines is 2. The molecule has 4 N–H and O–H groups in total. The predicted octanol–water partition coefficient (Wildman–Crippen LogP) is 3.69. The van der Waals surface area contributed by atoms with Crippen LogP contribution in [-0.2, 0) is 13.1 Å². The predicted molar refractivity (Wildman–Crippen MR) is 108 cm³/mol. The number of thiazole rings is 1. The van der Waals surface area contributed by atoms with Gasteiger partial charge in [0.25, 0.3) is 0 Å². The third-order valence-electron chi connectivity index (χ3n) is 3.60. The summed E-state index contributed by atoms with van der Waals surface area (Å²) in [5.74, 6) is 0. The van der Waals surface area contributed by atoms with Gasteiger partial charge in [-0.2, -0.15) is 0 Å². The summed E-state index contributed by atoms with van der Waals surface area (Å²) < 4.78 is 1.03. The molecule has 6 nitrogen and oxygen atoms in total. The molecule has 0 radical (unpaired) electrons. The lowest BCUT2D eigenvalue weighted by atomic mass is 10.2. The summed E-state index contributed by atoms with van der Waals surface area (Å²) >= 11 is 3.63. The van der Waals surface area contributed by atoms with Crippen LogP contribution in [0, 0.1) is 3.57 Å². The highest BCUT2D eigenvalue weighted by molar-refractivity contribution is 14.1. The maximum atomic E-state index is 12.1. The van der Waals surface area contributed by atoms with Crippen molar-refractivity contribution in [1.29, 1.82) is 0 Å². The molecule has 2 aromatic rings. The molecular weight excluding hydrogens is 437 g/mol. The van der Waals surface area contributed by atoms with Gasteiger partial charge in [0.15, 0.2) is 5.13 Å². The fraction of sp³-hybridized carbons (Fsp3) is 0.375. The van der Waals surface area contributed by atoms with E-state index < -0.39 is 0 Å². The van der Waals surface area contributed by atoms with E-state index >= 15 is 0 Å². The van der Waals surface area contributed by atoms with Gasteiger partial charge in [-0.05, 0) is 61.2 Å². The number of carbonyl (C=O) groups excluding carboxylic acids is 1. The summed E-state index contributed by atoms with van der Waals surface area (Å²) in [7, 11) is 2.05. The second kappa shape index (κ2) is 8.75. The fourth-order valence-corrected chi connectivity index (χ4v) is 3.36. The molecule has 8 heteroatoms. The number of rotatable bonds is 6. The van der Waals surface area contributed by atoms with Crippen molar-refractivity contribution in [2.75, 3.05) is 17.7 Å². The SMILES string of the molecule is CC(C)N(C)Cc1csc(NC(=O)Nc2ccc(CN)c(I)c2)n1. The molecule has 0 spiro atoms. The largest absolute Gasteiger partial charge is 0.326 e. The standard InChI is InChI=1S/C16H22IN5OS/c1-10(2)22(3)8-13-9-24-16(20-13)21-15(23)19-12-5-4-11(7-18)14(17)6-12/h4-6,9-10H,7-8,18H2,1-3H3,(H2,19,20,21,23). The average molecular weight is 459 g/mol. The molecule has 1 aromatic carbocycles. The molecule has 1 heterocycles. The molecule has 1 aromatic heterocycles. The molecule has 0 bridgehead atoms. The molecule has 0 aliphatic carbocycles. The van der Waals surface area contributed by atoms with Crippen molar-refractivity contribution in [2.24, 2.45) is 5.73 Å². The number of hydrogen-bond donors (Lipinski definition) is 3. The maximum absolute atomic E-state index is 12.1. The van der Waals surface area contributed by atoms with Crippen molar-refractivity contribution < 1.29 is 4.79 Å². The van der Waals surface area contributed by atoms with Gasteiger partial charge in [-0.25, -0.2) is 9.78 Å². The molecule has 2 amide bonds. The number of aromatic nitrogens is 1.